The highest BCUT2D eigenvalue weighted by atomic mass is 31.2. The number of nitrogens with zero attached hydrogens (tertiary/aromatic N) is 1. The van der Waals surface area contributed by atoms with Gasteiger partial charge in [0.1, 0.15) is 0 Å². The summed E-state index contributed by atoms with van der Waals surface area (Å²) >= 11 is 0. The van der Waals surface area contributed by atoms with Gasteiger partial charge in [-0.2, -0.15) is 0 Å². The molecule has 4 nitrogen and oxygen atoms in total. The van der Waals surface area contributed by atoms with Crippen LogP contribution in [0.3, 0.4) is 0 Å². The molecule has 3 rings (SSSR count). The number of benzene rings is 2. The van der Waals surface area contributed by atoms with Crippen LogP contribution in [0.5, 0.6) is 0 Å². The van der Waals surface area contributed by atoms with Crippen molar-refractivity contribution in [2.45, 2.75) is 0 Å². The second-order valence-electron chi connectivity index (χ2n) is 4.04. The van der Waals surface area contributed by atoms with Crippen LogP contribution in [-0.4, -0.2) is 14.8 Å². The maximum Gasteiger partial charge on any atom is 0.357 e. The molecule has 2 N–H and O–H groups in total. The van der Waals surface area contributed by atoms with E-state index in [9.17, 15) is 14.4 Å². The number of hydrogen-bond donors (Lipinski definition) is 2. The Morgan fingerprint density at radius 1 is 0.833 bits per heavy atom. The van der Waals surface area contributed by atoms with Gasteiger partial charge in [-0.15, -0.1) is 0 Å². The predicted octanol–water partition coefficient (Wildman–Crippen LogP) is 2.19. The zero-order valence-corrected chi connectivity index (χ0v) is 10.2. The summed E-state index contributed by atoms with van der Waals surface area (Å²) in [4.78, 5) is 23.5. The van der Waals surface area contributed by atoms with Gasteiger partial charge in [-0.3, -0.25) is 4.57 Å². The van der Waals surface area contributed by atoms with Crippen molar-refractivity contribution in [1.82, 2.24) is 4.98 Å². The van der Waals surface area contributed by atoms with E-state index in [1.807, 2.05) is 0 Å². The largest absolute Gasteiger partial charge is 0.357 e. The third-order valence-electron chi connectivity index (χ3n) is 2.85. The first-order chi connectivity index (χ1) is 8.57. The van der Waals surface area contributed by atoms with Gasteiger partial charge in [0.2, 0.25) is 0 Å². The highest BCUT2D eigenvalue weighted by Gasteiger charge is 2.24. The van der Waals surface area contributed by atoms with Crippen LogP contribution in [0.1, 0.15) is 0 Å². The lowest BCUT2D eigenvalue weighted by Crippen LogP contribution is -2.08. The summed E-state index contributed by atoms with van der Waals surface area (Å²) in [7, 11) is -4.35. The Morgan fingerprint density at radius 2 is 1.28 bits per heavy atom. The van der Waals surface area contributed by atoms with Gasteiger partial charge in [-0.05, 0) is 12.1 Å². The van der Waals surface area contributed by atoms with Crippen LogP contribution in [0.2, 0.25) is 0 Å². The van der Waals surface area contributed by atoms with E-state index < -0.39 is 7.60 Å². The second-order valence-corrected chi connectivity index (χ2v) is 5.57. The zero-order chi connectivity index (χ0) is 12.8. The van der Waals surface area contributed by atoms with Gasteiger partial charge < -0.3 is 9.79 Å². The topological polar surface area (TPSA) is 70.4 Å². The molecule has 2 aromatic carbocycles. The summed E-state index contributed by atoms with van der Waals surface area (Å²) in [5.41, 5.74) is 1.18. The molecule has 0 unspecified atom stereocenters. The average Bonchev–Trinajstić information content (AvgIpc) is 2.34. The molecule has 0 radical (unpaired) electrons. The van der Waals surface area contributed by atoms with Crippen molar-refractivity contribution in [2.75, 3.05) is 0 Å². The molecule has 0 amide bonds. The van der Waals surface area contributed by atoms with E-state index in [1.54, 1.807) is 48.5 Å². The van der Waals surface area contributed by atoms with E-state index in [2.05, 4.69) is 4.98 Å². The Kier molecular flexibility index (Phi) is 2.45. The second kappa shape index (κ2) is 3.89. The Balaban J connectivity index is 2.63. The Morgan fingerprint density at radius 3 is 1.72 bits per heavy atom. The van der Waals surface area contributed by atoms with Crippen molar-refractivity contribution < 1.29 is 14.4 Å². The number of rotatable bonds is 1. The summed E-state index contributed by atoms with van der Waals surface area (Å²) in [5, 5.41) is 1.07. The first kappa shape index (κ1) is 11.4. The average molecular weight is 259 g/mol. The molecule has 0 saturated heterocycles. The van der Waals surface area contributed by atoms with Crippen LogP contribution in [0.25, 0.3) is 21.8 Å². The molecule has 0 spiro atoms. The fraction of sp³-hybridized carbons (Fsp3) is 0. The van der Waals surface area contributed by atoms with Gasteiger partial charge >= 0.3 is 7.60 Å². The third kappa shape index (κ3) is 1.71. The van der Waals surface area contributed by atoms with Crippen molar-refractivity contribution >= 4 is 34.7 Å². The Labute approximate surface area is 103 Å². The fourth-order valence-electron chi connectivity index (χ4n) is 2.13. The number of aromatic nitrogens is 1. The lowest BCUT2D eigenvalue weighted by Gasteiger charge is -2.11. The van der Waals surface area contributed by atoms with Crippen LogP contribution < -0.4 is 5.30 Å². The molecule has 0 saturated carbocycles. The minimum Gasteiger partial charge on any atom is -0.321 e. The fourth-order valence-corrected chi connectivity index (χ4v) is 3.14. The van der Waals surface area contributed by atoms with Gasteiger partial charge in [-0.25, -0.2) is 4.98 Å². The molecule has 0 atom stereocenters. The molecule has 18 heavy (non-hydrogen) atoms. The SMILES string of the molecule is O=P(O)(O)c1c2ccccc2nc2ccccc12. The number of hydrogen-bond acceptors (Lipinski definition) is 2. The number of pyridine rings is 1. The number of fused-ring (bicyclic) bond motifs is 2. The molecule has 0 aliphatic carbocycles. The maximum absolute atomic E-state index is 11.7. The van der Waals surface area contributed by atoms with E-state index in [4.69, 9.17) is 0 Å². The van der Waals surface area contributed by atoms with Crippen molar-refractivity contribution in [3.8, 4) is 0 Å². The van der Waals surface area contributed by atoms with Crippen molar-refractivity contribution in [3.05, 3.63) is 48.5 Å². The minimum absolute atomic E-state index is 0.0590. The first-order valence-electron chi connectivity index (χ1n) is 5.41. The van der Waals surface area contributed by atoms with Crippen molar-refractivity contribution in [1.29, 1.82) is 0 Å². The van der Waals surface area contributed by atoms with Crippen LogP contribution in [0.4, 0.5) is 0 Å². The molecule has 5 heteroatoms. The van der Waals surface area contributed by atoms with Crippen LogP contribution in [-0.2, 0) is 4.57 Å². The monoisotopic (exact) mass is 259 g/mol. The summed E-state index contributed by atoms with van der Waals surface area (Å²) in [6, 6.07) is 14.0. The van der Waals surface area contributed by atoms with Crippen LogP contribution in [0.15, 0.2) is 48.5 Å². The minimum atomic E-state index is -4.35. The highest BCUT2D eigenvalue weighted by molar-refractivity contribution is 7.61. The Bertz CT molecular complexity index is 740. The smallest absolute Gasteiger partial charge is 0.321 e. The summed E-state index contributed by atoms with van der Waals surface area (Å²) in [6.07, 6.45) is 0. The van der Waals surface area contributed by atoms with E-state index >= 15 is 0 Å². The molecule has 0 aliphatic heterocycles. The quantitative estimate of drug-likeness (QED) is 0.519. The maximum atomic E-state index is 11.7. The van der Waals surface area contributed by atoms with E-state index in [0.29, 0.717) is 21.8 Å². The van der Waals surface area contributed by atoms with Gasteiger partial charge in [-0.1, -0.05) is 36.4 Å². The highest BCUT2D eigenvalue weighted by Crippen LogP contribution is 2.39. The molecule has 0 bridgehead atoms. The molecule has 0 aliphatic rings. The summed E-state index contributed by atoms with van der Waals surface area (Å²) < 4.78 is 11.7. The van der Waals surface area contributed by atoms with E-state index in [0.717, 1.165) is 0 Å². The van der Waals surface area contributed by atoms with Crippen LogP contribution >= 0.6 is 7.60 Å². The van der Waals surface area contributed by atoms with Crippen LogP contribution in [0, 0.1) is 0 Å². The number of para-hydroxylation sites is 2. The molecule has 1 heterocycles. The summed E-state index contributed by atoms with van der Waals surface area (Å²) in [5.74, 6) is 0. The predicted molar refractivity (Wildman–Crippen MR) is 70.9 cm³/mol. The normalized spacial score (nSPS) is 12.1. The van der Waals surface area contributed by atoms with Gasteiger partial charge in [0.05, 0.1) is 16.3 Å². The first-order valence-corrected chi connectivity index (χ1v) is 7.02. The lowest BCUT2D eigenvalue weighted by molar-refractivity contribution is 0.388. The third-order valence-corrected chi connectivity index (χ3v) is 3.91. The molecule has 0 fully saturated rings. The van der Waals surface area contributed by atoms with Gasteiger partial charge in [0.25, 0.3) is 0 Å². The Hall–Kier alpha value is -1.74. The standard InChI is InChI=1S/C13H10NO3P/c15-18(16,17)13-9-5-1-3-7-11(9)14-12-8-4-2-6-10(12)13/h1-8H,(H2,15,16,17). The van der Waals surface area contributed by atoms with E-state index in [-0.39, 0.29) is 5.30 Å². The molecule has 90 valence electrons. The van der Waals surface area contributed by atoms with Gasteiger partial charge in [0, 0.05) is 10.8 Å². The molecule has 3 aromatic rings. The van der Waals surface area contributed by atoms with Gasteiger partial charge in [0.15, 0.2) is 0 Å². The zero-order valence-electron chi connectivity index (χ0n) is 9.32. The molecular formula is C13H10NO3P. The molecular weight excluding hydrogens is 249 g/mol. The van der Waals surface area contributed by atoms with Crippen molar-refractivity contribution in [3.63, 3.8) is 0 Å². The lowest BCUT2D eigenvalue weighted by atomic mass is 10.1. The van der Waals surface area contributed by atoms with E-state index in [1.165, 1.54) is 0 Å². The molecule has 1 aromatic heterocycles. The summed E-state index contributed by atoms with van der Waals surface area (Å²) in [6.45, 7) is 0. The van der Waals surface area contributed by atoms with Crippen molar-refractivity contribution in [2.24, 2.45) is 0 Å².